The fourth-order valence-corrected chi connectivity index (χ4v) is 5.08. The summed E-state index contributed by atoms with van der Waals surface area (Å²) in [7, 11) is -2.17. The molecule has 1 amide bonds. The molecular weight excluding hydrogens is 422 g/mol. The van der Waals surface area contributed by atoms with Crippen LogP contribution < -0.4 is 14.5 Å². The van der Waals surface area contributed by atoms with Crippen LogP contribution in [0, 0.1) is 6.92 Å². The molecule has 32 heavy (non-hydrogen) atoms. The van der Waals surface area contributed by atoms with Crippen LogP contribution in [-0.2, 0) is 16.4 Å². The molecule has 0 saturated heterocycles. The van der Waals surface area contributed by atoms with Gasteiger partial charge in [-0.25, -0.2) is 8.42 Å². The number of sulfonamides is 1. The second kappa shape index (κ2) is 8.67. The predicted octanol–water partition coefficient (Wildman–Crippen LogP) is 4.45. The summed E-state index contributed by atoms with van der Waals surface area (Å²) in [5.74, 6) is -0.235. The van der Waals surface area contributed by atoms with E-state index in [1.165, 1.54) is 22.6 Å². The van der Waals surface area contributed by atoms with Gasteiger partial charge in [0, 0.05) is 37.1 Å². The maximum Gasteiger partial charge on any atom is 0.264 e. The summed E-state index contributed by atoms with van der Waals surface area (Å²) in [4.78, 5) is 15.3. The average Bonchev–Trinajstić information content (AvgIpc) is 3.21. The molecule has 0 saturated carbocycles. The molecule has 0 unspecified atom stereocenters. The molecule has 3 aromatic rings. The van der Waals surface area contributed by atoms with Crippen LogP contribution in [0.25, 0.3) is 0 Å². The summed E-state index contributed by atoms with van der Waals surface area (Å²) >= 11 is 0. The van der Waals surface area contributed by atoms with Crippen molar-refractivity contribution in [1.29, 1.82) is 0 Å². The number of carbonyl (C=O) groups is 1. The monoisotopic (exact) mass is 449 g/mol. The van der Waals surface area contributed by atoms with Gasteiger partial charge in [0.2, 0.25) is 0 Å². The number of hydrogen-bond acceptors (Lipinski definition) is 4. The first kappa shape index (κ1) is 21.9. The molecule has 1 aliphatic heterocycles. The van der Waals surface area contributed by atoms with Crippen molar-refractivity contribution in [2.45, 2.75) is 25.2 Å². The molecule has 0 fully saturated rings. The van der Waals surface area contributed by atoms with Crippen LogP contribution in [-0.4, -0.2) is 34.5 Å². The molecule has 0 radical (unpaired) electrons. The quantitative estimate of drug-likeness (QED) is 0.603. The van der Waals surface area contributed by atoms with Gasteiger partial charge in [0.05, 0.1) is 10.6 Å². The first-order valence-corrected chi connectivity index (χ1v) is 12.1. The summed E-state index contributed by atoms with van der Waals surface area (Å²) in [6.07, 6.45) is 1.03. The number of anilines is 3. The smallest absolute Gasteiger partial charge is 0.264 e. The summed E-state index contributed by atoms with van der Waals surface area (Å²) < 4.78 is 27.0. The van der Waals surface area contributed by atoms with E-state index in [1.54, 1.807) is 48.5 Å². The summed E-state index contributed by atoms with van der Waals surface area (Å²) in [6, 6.07) is 19.3. The normalized spacial score (nSPS) is 13.0. The molecule has 1 aliphatic rings. The number of nitrogens with one attached hydrogen (secondary N) is 1. The number of likely N-dealkylation sites (N-methyl/N-ethyl adjacent to an activating group) is 1. The highest BCUT2D eigenvalue weighted by atomic mass is 32.2. The van der Waals surface area contributed by atoms with E-state index in [2.05, 4.69) is 23.2 Å². The first-order valence-electron chi connectivity index (χ1n) is 10.6. The number of benzene rings is 3. The van der Waals surface area contributed by atoms with E-state index in [1.807, 2.05) is 19.1 Å². The van der Waals surface area contributed by atoms with E-state index in [9.17, 15) is 13.2 Å². The molecule has 0 bridgehead atoms. The maximum absolute atomic E-state index is 12.9. The minimum atomic E-state index is -3.68. The third kappa shape index (κ3) is 4.21. The molecule has 6 nitrogen and oxygen atoms in total. The third-order valence-corrected chi connectivity index (χ3v) is 7.69. The zero-order valence-corrected chi connectivity index (χ0v) is 19.3. The first-order chi connectivity index (χ1) is 15.3. The lowest BCUT2D eigenvalue weighted by atomic mass is 10.1. The van der Waals surface area contributed by atoms with Gasteiger partial charge in [-0.2, -0.15) is 0 Å². The van der Waals surface area contributed by atoms with Crippen LogP contribution in [0.4, 0.5) is 17.1 Å². The molecule has 7 heteroatoms. The zero-order chi connectivity index (χ0) is 22.9. The van der Waals surface area contributed by atoms with E-state index < -0.39 is 10.0 Å². The largest absolute Gasteiger partial charge is 0.371 e. The summed E-state index contributed by atoms with van der Waals surface area (Å²) in [5, 5.41) is 2.95. The Labute approximate surface area is 189 Å². The molecule has 1 heterocycles. The second-order valence-electron chi connectivity index (χ2n) is 7.96. The molecule has 166 valence electrons. The molecule has 1 N–H and O–H groups in total. The zero-order valence-electron chi connectivity index (χ0n) is 18.5. The van der Waals surface area contributed by atoms with Crippen LogP contribution in [0.15, 0.2) is 71.6 Å². The van der Waals surface area contributed by atoms with Crippen LogP contribution in [0.3, 0.4) is 0 Å². The van der Waals surface area contributed by atoms with Crippen molar-refractivity contribution in [1.82, 2.24) is 0 Å². The highest BCUT2D eigenvalue weighted by molar-refractivity contribution is 7.92. The van der Waals surface area contributed by atoms with Gasteiger partial charge in [0.1, 0.15) is 0 Å². The molecular formula is C25H27N3O3S. The Morgan fingerprint density at radius 2 is 1.72 bits per heavy atom. The van der Waals surface area contributed by atoms with Crippen LogP contribution >= 0.6 is 0 Å². The number of fused-ring (bicyclic) bond motifs is 1. The van der Waals surface area contributed by atoms with Gasteiger partial charge in [-0.1, -0.05) is 23.8 Å². The Hall–Kier alpha value is -3.32. The van der Waals surface area contributed by atoms with Gasteiger partial charge in [0.25, 0.3) is 15.9 Å². The van der Waals surface area contributed by atoms with Crippen molar-refractivity contribution in [3.8, 4) is 0 Å². The van der Waals surface area contributed by atoms with Crippen molar-refractivity contribution in [3.05, 3.63) is 83.4 Å². The lowest BCUT2D eigenvalue weighted by Crippen LogP contribution is -2.26. The SMILES string of the molecule is CCN1CCc2ccc(NC(=O)c3ccc(N(C)S(=O)(=O)c4ccc(C)cc4)cc3)cc21. The average molecular weight is 450 g/mol. The number of nitrogens with zero attached hydrogens (tertiary/aromatic N) is 2. The molecule has 0 atom stereocenters. The van der Waals surface area contributed by atoms with Crippen molar-refractivity contribution < 1.29 is 13.2 Å². The van der Waals surface area contributed by atoms with E-state index in [4.69, 9.17) is 0 Å². The number of hydrogen-bond donors (Lipinski definition) is 1. The van der Waals surface area contributed by atoms with Gasteiger partial charge in [0.15, 0.2) is 0 Å². The van der Waals surface area contributed by atoms with Crippen LogP contribution in [0.2, 0.25) is 0 Å². The minimum Gasteiger partial charge on any atom is -0.371 e. The molecule has 0 spiro atoms. The molecule has 3 aromatic carbocycles. The standard InChI is InChI=1S/C25H27N3O3S/c1-4-28-16-15-19-7-10-21(17-24(19)28)26-25(29)20-8-11-22(12-9-20)27(3)32(30,31)23-13-5-18(2)6-14-23/h5-14,17H,4,15-16H2,1-3H3,(H,26,29). The van der Waals surface area contributed by atoms with Crippen molar-refractivity contribution in [2.75, 3.05) is 34.7 Å². The fourth-order valence-electron chi connectivity index (χ4n) is 3.88. The highest BCUT2D eigenvalue weighted by Crippen LogP contribution is 2.31. The third-order valence-electron chi connectivity index (χ3n) is 5.89. The lowest BCUT2D eigenvalue weighted by Gasteiger charge is -2.20. The fraction of sp³-hybridized carbons (Fsp3) is 0.240. The Morgan fingerprint density at radius 3 is 2.38 bits per heavy atom. The van der Waals surface area contributed by atoms with Crippen molar-refractivity contribution in [3.63, 3.8) is 0 Å². The van der Waals surface area contributed by atoms with Gasteiger partial charge < -0.3 is 10.2 Å². The van der Waals surface area contributed by atoms with Gasteiger partial charge in [-0.15, -0.1) is 0 Å². The second-order valence-corrected chi connectivity index (χ2v) is 9.93. The highest BCUT2D eigenvalue weighted by Gasteiger charge is 2.22. The van der Waals surface area contributed by atoms with E-state index >= 15 is 0 Å². The maximum atomic E-state index is 12.9. The Bertz CT molecular complexity index is 1240. The van der Waals surface area contributed by atoms with Gasteiger partial charge in [-0.05, 0) is 74.4 Å². The number of amides is 1. The molecule has 4 rings (SSSR count). The topological polar surface area (TPSA) is 69.7 Å². The number of aryl methyl sites for hydroxylation is 1. The van der Waals surface area contributed by atoms with E-state index in [0.717, 1.165) is 30.8 Å². The van der Waals surface area contributed by atoms with Gasteiger partial charge >= 0.3 is 0 Å². The number of carbonyl (C=O) groups excluding carboxylic acids is 1. The van der Waals surface area contributed by atoms with E-state index in [0.29, 0.717) is 11.3 Å². The number of rotatable bonds is 6. The summed E-state index contributed by atoms with van der Waals surface area (Å²) in [6.45, 7) is 5.97. The Balaban J connectivity index is 1.49. The van der Waals surface area contributed by atoms with Gasteiger partial charge in [-0.3, -0.25) is 9.10 Å². The van der Waals surface area contributed by atoms with E-state index in [-0.39, 0.29) is 10.8 Å². The van der Waals surface area contributed by atoms with Crippen LogP contribution in [0.1, 0.15) is 28.4 Å². The Kier molecular flexibility index (Phi) is 5.93. The predicted molar refractivity (Wildman–Crippen MR) is 129 cm³/mol. The summed E-state index contributed by atoms with van der Waals surface area (Å²) in [5.41, 5.74) is 5.15. The van der Waals surface area contributed by atoms with Crippen LogP contribution in [0.5, 0.6) is 0 Å². The molecule has 0 aromatic heterocycles. The lowest BCUT2D eigenvalue weighted by molar-refractivity contribution is 0.102. The van der Waals surface area contributed by atoms with Crippen molar-refractivity contribution >= 4 is 33.0 Å². The van der Waals surface area contributed by atoms with Crippen molar-refractivity contribution in [2.24, 2.45) is 0 Å². The minimum absolute atomic E-state index is 0.227. The Morgan fingerprint density at radius 1 is 1.03 bits per heavy atom. The molecule has 0 aliphatic carbocycles.